The van der Waals surface area contributed by atoms with Crippen LogP contribution in [-0.2, 0) is 6.42 Å². The normalized spacial score (nSPS) is 19.3. The van der Waals surface area contributed by atoms with Gasteiger partial charge < -0.3 is 15.2 Å². The van der Waals surface area contributed by atoms with E-state index in [-0.39, 0.29) is 6.04 Å². The Morgan fingerprint density at radius 1 is 1.17 bits per heavy atom. The summed E-state index contributed by atoms with van der Waals surface area (Å²) in [6.07, 6.45) is 2.09. The minimum Gasteiger partial charge on any atom is -0.494 e. The molecule has 4 rings (SSSR count). The van der Waals surface area contributed by atoms with Gasteiger partial charge in [-0.25, -0.2) is 0 Å². The maximum Gasteiger partial charge on any atom is 0.145 e. The standard InChI is InChI=1S/C20H20N2O2/c1-12-11-21-20-15(8-5-9-17(20)24-2)18(12)22-19-14-7-4-3-6-13(14)10-16(19)23/h3-9,11,16,19,23H,10H2,1-2H3,(H,21,22)/t16-,19+/m0/s1. The quantitative estimate of drug-likeness (QED) is 0.774. The highest BCUT2D eigenvalue weighted by Crippen LogP contribution is 2.38. The average Bonchev–Trinajstić information content (AvgIpc) is 2.92. The van der Waals surface area contributed by atoms with Crippen LogP contribution in [0.5, 0.6) is 5.75 Å². The summed E-state index contributed by atoms with van der Waals surface area (Å²) in [4.78, 5) is 4.52. The van der Waals surface area contributed by atoms with E-state index in [1.165, 1.54) is 5.56 Å². The third-order valence-electron chi connectivity index (χ3n) is 4.77. The first kappa shape index (κ1) is 15.0. The van der Waals surface area contributed by atoms with Crippen molar-refractivity contribution in [3.05, 3.63) is 65.4 Å². The second kappa shape index (κ2) is 5.80. The fraction of sp³-hybridized carbons (Fsp3) is 0.250. The number of pyridine rings is 1. The van der Waals surface area contributed by atoms with Crippen molar-refractivity contribution in [1.29, 1.82) is 0 Å². The Morgan fingerprint density at radius 2 is 2.00 bits per heavy atom. The van der Waals surface area contributed by atoms with Crippen LogP contribution in [0.15, 0.2) is 48.7 Å². The molecule has 4 nitrogen and oxygen atoms in total. The Hall–Kier alpha value is -2.59. The molecule has 4 heteroatoms. The van der Waals surface area contributed by atoms with E-state index in [2.05, 4.69) is 22.4 Å². The number of aromatic nitrogens is 1. The molecule has 0 amide bonds. The summed E-state index contributed by atoms with van der Waals surface area (Å²) < 4.78 is 5.43. The van der Waals surface area contributed by atoms with Crippen molar-refractivity contribution in [3.63, 3.8) is 0 Å². The Bertz CT molecular complexity index is 907. The molecule has 24 heavy (non-hydrogen) atoms. The van der Waals surface area contributed by atoms with Gasteiger partial charge in [-0.05, 0) is 29.7 Å². The third kappa shape index (κ3) is 2.31. The molecule has 0 radical (unpaired) electrons. The third-order valence-corrected chi connectivity index (χ3v) is 4.77. The van der Waals surface area contributed by atoms with E-state index in [0.717, 1.165) is 33.5 Å². The number of ether oxygens (including phenoxy) is 1. The van der Waals surface area contributed by atoms with Crippen molar-refractivity contribution in [1.82, 2.24) is 4.98 Å². The van der Waals surface area contributed by atoms with E-state index in [1.54, 1.807) is 7.11 Å². The number of nitrogens with one attached hydrogen (secondary N) is 1. The number of rotatable bonds is 3. The number of aliphatic hydroxyl groups excluding tert-OH is 1. The highest BCUT2D eigenvalue weighted by Gasteiger charge is 2.31. The lowest BCUT2D eigenvalue weighted by Gasteiger charge is -2.22. The van der Waals surface area contributed by atoms with Gasteiger partial charge in [-0.3, -0.25) is 4.98 Å². The lowest BCUT2D eigenvalue weighted by atomic mass is 10.0. The number of aryl methyl sites for hydroxylation is 1. The lowest BCUT2D eigenvalue weighted by molar-refractivity contribution is 0.166. The zero-order chi connectivity index (χ0) is 16.7. The molecule has 0 fully saturated rings. The maximum absolute atomic E-state index is 10.5. The van der Waals surface area contributed by atoms with Crippen molar-refractivity contribution < 1.29 is 9.84 Å². The van der Waals surface area contributed by atoms with Gasteiger partial charge in [0.1, 0.15) is 11.3 Å². The maximum atomic E-state index is 10.5. The predicted octanol–water partition coefficient (Wildman–Crippen LogP) is 3.62. The zero-order valence-corrected chi connectivity index (χ0v) is 13.8. The molecule has 2 aromatic carbocycles. The van der Waals surface area contributed by atoms with E-state index in [1.807, 2.05) is 43.5 Å². The van der Waals surface area contributed by atoms with Crippen LogP contribution in [0.2, 0.25) is 0 Å². The molecule has 0 aliphatic heterocycles. The van der Waals surface area contributed by atoms with Crippen LogP contribution < -0.4 is 10.1 Å². The number of fused-ring (bicyclic) bond motifs is 2. The summed E-state index contributed by atoms with van der Waals surface area (Å²) in [7, 11) is 1.65. The van der Waals surface area contributed by atoms with Crippen molar-refractivity contribution in [2.45, 2.75) is 25.5 Å². The monoisotopic (exact) mass is 320 g/mol. The highest BCUT2D eigenvalue weighted by atomic mass is 16.5. The average molecular weight is 320 g/mol. The summed E-state index contributed by atoms with van der Waals surface area (Å²) in [5.41, 5.74) is 5.24. The van der Waals surface area contributed by atoms with Crippen LogP contribution in [0.25, 0.3) is 10.9 Å². The first-order chi connectivity index (χ1) is 11.7. The molecule has 1 aliphatic rings. The largest absolute Gasteiger partial charge is 0.494 e. The van der Waals surface area contributed by atoms with Gasteiger partial charge in [-0.15, -0.1) is 0 Å². The highest BCUT2D eigenvalue weighted by molar-refractivity contribution is 5.96. The number of anilines is 1. The molecule has 0 saturated carbocycles. The van der Waals surface area contributed by atoms with Crippen molar-refractivity contribution in [2.24, 2.45) is 0 Å². The molecular weight excluding hydrogens is 300 g/mol. The van der Waals surface area contributed by atoms with Crippen molar-refractivity contribution in [2.75, 3.05) is 12.4 Å². The van der Waals surface area contributed by atoms with Crippen LogP contribution in [-0.4, -0.2) is 23.3 Å². The van der Waals surface area contributed by atoms with Crippen LogP contribution in [0.1, 0.15) is 22.7 Å². The van der Waals surface area contributed by atoms with Crippen LogP contribution >= 0.6 is 0 Å². The number of benzene rings is 2. The Labute approximate surface area is 141 Å². The van der Waals surface area contributed by atoms with Gasteiger partial charge in [-0.1, -0.05) is 36.4 Å². The van der Waals surface area contributed by atoms with E-state index in [9.17, 15) is 5.11 Å². The Balaban J connectivity index is 1.82. The van der Waals surface area contributed by atoms with Gasteiger partial charge in [-0.2, -0.15) is 0 Å². The summed E-state index contributed by atoms with van der Waals surface area (Å²) in [6, 6.07) is 14.0. The number of hydrogen-bond acceptors (Lipinski definition) is 4. The van der Waals surface area contributed by atoms with Gasteiger partial charge in [0, 0.05) is 23.7 Å². The number of methoxy groups -OCH3 is 1. The number of hydrogen-bond donors (Lipinski definition) is 2. The molecule has 2 atom stereocenters. The van der Waals surface area contributed by atoms with Gasteiger partial charge >= 0.3 is 0 Å². The second-order valence-corrected chi connectivity index (χ2v) is 6.26. The van der Waals surface area contributed by atoms with Gasteiger partial charge in [0.05, 0.1) is 19.3 Å². The molecule has 0 unspecified atom stereocenters. The SMILES string of the molecule is COc1cccc2c(N[C@@H]3c4ccccc4C[C@@H]3O)c(C)cnc12. The molecule has 2 N–H and O–H groups in total. The van der Waals surface area contributed by atoms with E-state index >= 15 is 0 Å². The minimum atomic E-state index is -0.435. The van der Waals surface area contributed by atoms with Crippen molar-refractivity contribution >= 4 is 16.6 Å². The Kier molecular flexibility index (Phi) is 3.62. The molecule has 3 aromatic rings. The first-order valence-corrected chi connectivity index (χ1v) is 8.13. The summed E-state index contributed by atoms with van der Waals surface area (Å²) in [5, 5.41) is 15.1. The molecule has 1 aliphatic carbocycles. The first-order valence-electron chi connectivity index (χ1n) is 8.13. The molecule has 0 bridgehead atoms. The second-order valence-electron chi connectivity index (χ2n) is 6.26. The number of para-hydroxylation sites is 1. The lowest BCUT2D eigenvalue weighted by Crippen LogP contribution is -2.21. The van der Waals surface area contributed by atoms with Gasteiger partial charge in [0.25, 0.3) is 0 Å². The van der Waals surface area contributed by atoms with E-state index < -0.39 is 6.10 Å². The topological polar surface area (TPSA) is 54.4 Å². The minimum absolute atomic E-state index is 0.114. The van der Waals surface area contributed by atoms with E-state index in [4.69, 9.17) is 4.74 Å². The fourth-order valence-electron chi connectivity index (χ4n) is 3.56. The van der Waals surface area contributed by atoms with Gasteiger partial charge in [0.15, 0.2) is 0 Å². The van der Waals surface area contributed by atoms with Crippen LogP contribution in [0.4, 0.5) is 5.69 Å². The number of aliphatic hydroxyl groups is 1. The van der Waals surface area contributed by atoms with Crippen LogP contribution in [0.3, 0.4) is 0 Å². The zero-order valence-electron chi connectivity index (χ0n) is 13.8. The van der Waals surface area contributed by atoms with E-state index in [0.29, 0.717) is 6.42 Å². The summed E-state index contributed by atoms with van der Waals surface area (Å²) in [5.74, 6) is 0.753. The van der Waals surface area contributed by atoms with Gasteiger partial charge in [0.2, 0.25) is 0 Å². The summed E-state index contributed by atoms with van der Waals surface area (Å²) in [6.45, 7) is 2.03. The molecule has 0 saturated heterocycles. The predicted molar refractivity (Wildman–Crippen MR) is 95.5 cm³/mol. The molecule has 1 heterocycles. The van der Waals surface area contributed by atoms with Crippen LogP contribution in [0, 0.1) is 6.92 Å². The van der Waals surface area contributed by atoms with Crippen molar-refractivity contribution in [3.8, 4) is 5.75 Å². The molecule has 122 valence electrons. The molecular formula is C20H20N2O2. The molecule has 1 aromatic heterocycles. The fourth-order valence-corrected chi connectivity index (χ4v) is 3.56. The summed E-state index contributed by atoms with van der Waals surface area (Å²) >= 11 is 0. The molecule has 0 spiro atoms. The Morgan fingerprint density at radius 3 is 2.83 bits per heavy atom. The number of nitrogens with zero attached hydrogens (tertiary/aromatic N) is 1. The smallest absolute Gasteiger partial charge is 0.145 e.